The van der Waals surface area contributed by atoms with Crippen LogP contribution in [0.3, 0.4) is 0 Å². The normalized spacial score (nSPS) is 12.9. The van der Waals surface area contributed by atoms with Crippen LogP contribution >= 0.6 is 11.3 Å². The summed E-state index contributed by atoms with van der Waals surface area (Å²) in [6, 6.07) is 13.4. The second kappa shape index (κ2) is 6.46. The number of nitrogens with two attached hydrogens (primary N) is 1. The second-order valence-corrected chi connectivity index (χ2v) is 6.59. The van der Waals surface area contributed by atoms with Crippen LogP contribution in [0.15, 0.2) is 48.0 Å². The quantitative estimate of drug-likeness (QED) is 0.725. The lowest BCUT2D eigenvalue weighted by Gasteiger charge is -2.10. The first-order valence-electron chi connectivity index (χ1n) is 7.62. The summed E-state index contributed by atoms with van der Waals surface area (Å²) in [5.41, 5.74) is 8.82. The highest BCUT2D eigenvalue weighted by molar-refractivity contribution is 7.09. The van der Waals surface area contributed by atoms with Gasteiger partial charge in [-0.1, -0.05) is 25.1 Å². The molecular weight excluding hydrogens is 276 g/mol. The number of fused-ring (bicyclic) bond motifs is 1. The highest BCUT2D eigenvalue weighted by atomic mass is 32.1. The summed E-state index contributed by atoms with van der Waals surface area (Å²) in [7, 11) is 0. The van der Waals surface area contributed by atoms with Crippen molar-refractivity contribution >= 4 is 22.2 Å². The topological polar surface area (TPSA) is 30.9 Å². The number of nitrogens with zero attached hydrogens (tertiary/aromatic N) is 1. The van der Waals surface area contributed by atoms with Crippen molar-refractivity contribution in [3.05, 3.63) is 58.4 Å². The Hall–Kier alpha value is -1.58. The number of aryl methyl sites for hydroxylation is 2. The van der Waals surface area contributed by atoms with Crippen LogP contribution in [-0.2, 0) is 19.4 Å². The Labute approximate surface area is 130 Å². The summed E-state index contributed by atoms with van der Waals surface area (Å²) in [5, 5.41) is 3.50. The Balaban J connectivity index is 1.83. The molecule has 3 heteroatoms. The van der Waals surface area contributed by atoms with Crippen LogP contribution in [-0.4, -0.2) is 10.6 Å². The van der Waals surface area contributed by atoms with Gasteiger partial charge in [0.05, 0.1) is 0 Å². The van der Waals surface area contributed by atoms with Gasteiger partial charge in [-0.15, -0.1) is 11.3 Å². The van der Waals surface area contributed by atoms with Crippen molar-refractivity contribution in [1.29, 1.82) is 0 Å². The van der Waals surface area contributed by atoms with E-state index in [9.17, 15) is 0 Å². The summed E-state index contributed by atoms with van der Waals surface area (Å²) < 4.78 is 2.36. The first-order chi connectivity index (χ1) is 10.3. The zero-order valence-electron chi connectivity index (χ0n) is 12.5. The van der Waals surface area contributed by atoms with E-state index in [1.54, 1.807) is 0 Å². The molecule has 1 atom stereocenters. The Morgan fingerprint density at radius 3 is 2.86 bits per heavy atom. The molecule has 1 unspecified atom stereocenters. The molecule has 3 aromatic rings. The molecule has 0 aliphatic carbocycles. The number of aromatic nitrogens is 1. The monoisotopic (exact) mass is 298 g/mol. The van der Waals surface area contributed by atoms with Gasteiger partial charge in [-0.05, 0) is 48.4 Å². The minimum absolute atomic E-state index is 0.255. The molecular formula is C18H22N2S. The molecule has 2 aromatic heterocycles. The van der Waals surface area contributed by atoms with Gasteiger partial charge in [-0.3, -0.25) is 0 Å². The maximum Gasteiger partial charge on any atom is 0.0483 e. The molecule has 3 rings (SSSR count). The van der Waals surface area contributed by atoms with Gasteiger partial charge in [0.1, 0.15) is 0 Å². The minimum Gasteiger partial charge on any atom is -0.347 e. The molecule has 0 saturated heterocycles. The molecule has 2 nitrogen and oxygen atoms in total. The fourth-order valence-electron chi connectivity index (χ4n) is 2.77. The molecule has 0 aliphatic rings. The highest BCUT2D eigenvalue weighted by Gasteiger charge is 2.08. The van der Waals surface area contributed by atoms with Crippen LogP contribution in [0.1, 0.15) is 23.8 Å². The van der Waals surface area contributed by atoms with E-state index in [1.165, 1.54) is 21.3 Å². The van der Waals surface area contributed by atoms with E-state index < -0.39 is 0 Å². The first-order valence-corrected chi connectivity index (χ1v) is 8.50. The lowest BCUT2D eigenvalue weighted by atomic mass is 10.0. The molecule has 0 radical (unpaired) electrons. The summed E-state index contributed by atoms with van der Waals surface area (Å²) in [6.45, 7) is 3.18. The number of hydrogen-bond acceptors (Lipinski definition) is 2. The van der Waals surface area contributed by atoms with Crippen molar-refractivity contribution in [2.45, 2.75) is 38.8 Å². The Bertz CT molecular complexity index is 697. The average molecular weight is 298 g/mol. The Kier molecular flexibility index (Phi) is 4.42. The van der Waals surface area contributed by atoms with Crippen molar-refractivity contribution < 1.29 is 0 Å². The van der Waals surface area contributed by atoms with Gasteiger partial charge in [-0.25, -0.2) is 0 Å². The third-order valence-corrected chi connectivity index (χ3v) is 5.03. The fraction of sp³-hybridized carbons (Fsp3) is 0.333. The predicted octanol–water partition coefficient (Wildman–Crippen LogP) is 4.23. The van der Waals surface area contributed by atoms with E-state index in [0.717, 1.165) is 25.8 Å². The molecule has 0 fully saturated rings. The van der Waals surface area contributed by atoms with Crippen LogP contribution in [0.4, 0.5) is 0 Å². The molecule has 1 aromatic carbocycles. The second-order valence-electron chi connectivity index (χ2n) is 5.56. The van der Waals surface area contributed by atoms with Crippen molar-refractivity contribution in [2.24, 2.45) is 5.73 Å². The molecule has 0 amide bonds. The van der Waals surface area contributed by atoms with E-state index in [1.807, 2.05) is 11.3 Å². The van der Waals surface area contributed by atoms with E-state index >= 15 is 0 Å². The molecule has 0 saturated carbocycles. The summed E-state index contributed by atoms with van der Waals surface area (Å²) >= 11 is 1.83. The SMILES string of the molecule is CCC(N)Cc1cccc2c1ccn2CCc1cccs1. The third kappa shape index (κ3) is 3.20. The maximum absolute atomic E-state index is 6.12. The molecule has 2 heterocycles. The lowest BCUT2D eigenvalue weighted by molar-refractivity contribution is 0.648. The first kappa shape index (κ1) is 14.4. The Morgan fingerprint density at radius 1 is 1.19 bits per heavy atom. The molecule has 110 valence electrons. The van der Waals surface area contributed by atoms with Gasteiger partial charge in [0.25, 0.3) is 0 Å². The van der Waals surface area contributed by atoms with Gasteiger partial charge in [0, 0.05) is 34.6 Å². The molecule has 0 spiro atoms. The average Bonchev–Trinajstić information content (AvgIpc) is 3.14. The van der Waals surface area contributed by atoms with Crippen LogP contribution in [0.5, 0.6) is 0 Å². The van der Waals surface area contributed by atoms with E-state index in [4.69, 9.17) is 5.73 Å². The molecule has 2 N–H and O–H groups in total. The number of rotatable bonds is 6. The zero-order valence-corrected chi connectivity index (χ0v) is 13.3. The van der Waals surface area contributed by atoms with Crippen molar-refractivity contribution in [2.75, 3.05) is 0 Å². The van der Waals surface area contributed by atoms with Gasteiger partial charge in [0.2, 0.25) is 0 Å². The van der Waals surface area contributed by atoms with Crippen LogP contribution in [0, 0.1) is 0 Å². The smallest absolute Gasteiger partial charge is 0.0483 e. The number of hydrogen-bond donors (Lipinski definition) is 1. The van der Waals surface area contributed by atoms with Gasteiger partial charge in [0.15, 0.2) is 0 Å². The summed E-state index contributed by atoms with van der Waals surface area (Å²) in [5.74, 6) is 0. The summed E-state index contributed by atoms with van der Waals surface area (Å²) in [6.07, 6.45) is 5.29. The maximum atomic E-state index is 6.12. The van der Waals surface area contributed by atoms with E-state index in [0.29, 0.717) is 0 Å². The van der Waals surface area contributed by atoms with Crippen molar-refractivity contribution in [3.8, 4) is 0 Å². The minimum atomic E-state index is 0.255. The standard InChI is InChI=1S/C18H22N2S/c1-2-15(19)13-14-5-3-7-18-17(14)9-11-20(18)10-8-16-6-4-12-21-16/h3-7,9,11-12,15H,2,8,10,13,19H2,1H3. The molecule has 21 heavy (non-hydrogen) atoms. The molecule has 0 aliphatic heterocycles. The fourth-order valence-corrected chi connectivity index (χ4v) is 3.47. The van der Waals surface area contributed by atoms with Crippen molar-refractivity contribution in [1.82, 2.24) is 4.57 Å². The Morgan fingerprint density at radius 2 is 2.10 bits per heavy atom. The highest BCUT2D eigenvalue weighted by Crippen LogP contribution is 2.22. The van der Waals surface area contributed by atoms with E-state index in [-0.39, 0.29) is 6.04 Å². The summed E-state index contributed by atoms with van der Waals surface area (Å²) in [4.78, 5) is 1.45. The largest absolute Gasteiger partial charge is 0.347 e. The van der Waals surface area contributed by atoms with Crippen LogP contribution < -0.4 is 5.73 Å². The van der Waals surface area contributed by atoms with Gasteiger partial charge in [-0.2, -0.15) is 0 Å². The lowest BCUT2D eigenvalue weighted by Crippen LogP contribution is -2.21. The van der Waals surface area contributed by atoms with Crippen LogP contribution in [0.25, 0.3) is 10.9 Å². The van der Waals surface area contributed by atoms with Crippen molar-refractivity contribution in [3.63, 3.8) is 0 Å². The zero-order chi connectivity index (χ0) is 14.7. The third-order valence-electron chi connectivity index (χ3n) is 4.09. The predicted molar refractivity (Wildman–Crippen MR) is 91.9 cm³/mol. The van der Waals surface area contributed by atoms with Gasteiger partial charge >= 0.3 is 0 Å². The number of thiophene rings is 1. The van der Waals surface area contributed by atoms with E-state index in [2.05, 4.69) is 59.5 Å². The van der Waals surface area contributed by atoms with Gasteiger partial charge < -0.3 is 10.3 Å². The number of benzene rings is 1. The van der Waals surface area contributed by atoms with Crippen LogP contribution in [0.2, 0.25) is 0 Å². The molecule has 0 bridgehead atoms.